The van der Waals surface area contributed by atoms with Gasteiger partial charge < -0.3 is 14.6 Å². The number of benzene rings is 2. The Morgan fingerprint density at radius 2 is 1.93 bits per heavy atom. The first kappa shape index (κ1) is 18.8. The molecule has 0 aromatic heterocycles. The number of likely N-dealkylation sites (N-methyl/N-ethyl adjacent to an activating group) is 1. The number of hydrogen-bond donors (Lipinski definition) is 0. The summed E-state index contributed by atoms with van der Waals surface area (Å²) < 4.78 is 0. The van der Waals surface area contributed by atoms with Crippen LogP contribution in [0.5, 0.6) is 0 Å². The Bertz CT molecular complexity index is 1090. The summed E-state index contributed by atoms with van der Waals surface area (Å²) in [6.45, 7) is 2.46. The molecule has 0 spiro atoms. The van der Waals surface area contributed by atoms with E-state index >= 15 is 0 Å². The van der Waals surface area contributed by atoms with Crippen LogP contribution in [0.4, 0.5) is 5.69 Å². The molecule has 2 amide bonds. The molecule has 0 radical (unpaired) electrons. The Morgan fingerprint density at radius 1 is 1.17 bits per heavy atom. The van der Waals surface area contributed by atoms with E-state index in [9.17, 15) is 14.4 Å². The third-order valence-electron chi connectivity index (χ3n) is 6.89. The molecule has 2 aromatic carbocycles. The van der Waals surface area contributed by atoms with Gasteiger partial charge in [-0.2, -0.15) is 0 Å². The van der Waals surface area contributed by atoms with E-state index < -0.39 is 5.41 Å². The Balaban J connectivity index is 1.62. The average molecular weight is 400 g/mol. The Kier molecular flexibility index (Phi) is 4.17. The van der Waals surface area contributed by atoms with Crippen LogP contribution in [0.15, 0.2) is 54.6 Å². The highest BCUT2D eigenvalue weighted by Crippen LogP contribution is 2.52. The van der Waals surface area contributed by atoms with Crippen LogP contribution < -0.4 is 4.90 Å². The van der Waals surface area contributed by atoms with Crippen LogP contribution in [-0.2, 0) is 9.59 Å². The van der Waals surface area contributed by atoms with Crippen molar-refractivity contribution in [3.63, 3.8) is 0 Å². The minimum atomic E-state index is -0.823. The fraction of sp³-hybridized carbons (Fsp3) is 0.320. The molecule has 5 nitrogen and oxygen atoms in total. The van der Waals surface area contributed by atoms with Gasteiger partial charge in [-0.25, -0.2) is 0 Å². The van der Waals surface area contributed by atoms with Crippen molar-refractivity contribution in [3.8, 4) is 0 Å². The number of rotatable bonds is 3. The maximum absolute atomic E-state index is 13.2. The van der Waals surface area contributed by atoms with E-state index in [0.29, 0.717) is 12.1 Å². The first-order valence-electron chi connectivity index (χ1n) is 10.4. The molecule has 152 valence electrons. The zero-order valence-corrected chi connectivity index (χ0v) is 17.2. The van der Waals surface area contributed by atoms with E-state index in [2.05, 4.69) is 6.07 Å². The number of hydrogen-bond acceptors (Lipinski definition) is 3. The number of fused-ring (bicyclic) bond motifs is 2. The van der Waals surface area contributed by atoms with Gasteiger partial charge in [0.1, 0.15) is 6.29 Å². The maximum atomic E-state index is 13.2. The van der Waals surface area contributed by atoms with E-state index in [0.717, 1.165) is 29.5 Å². The zero-order valence-electron chi connectivity index (χ0n) is 17.2. The minimum Gasteiger partial charge on any atom is -0.338 e. The molecule has 5 heteroatoms. The van der Waals surface area contributed by atoms with Gasteiger partial charge in [-0.15, -0.1) is 0 Å². The third kappa shape index (κ3) is 2.58. The quantitative estimate of drug-likeness (QED) is 0.739. The van der Waals surface area contributed by atoms with Crippen molar-refractivity contribution in [2.24, 2.45) is 5.41 Å². The van der Waals surface area contributed by atoms with Gasteiger partial charge in [0.25, 0.3) is 5.91 Å². The predicted molar refractivity (Wildman–Crippen MR) is 115 cm³/mol. The second kappa shape index (κ2) is 6.66. The molecule has 30 heavy (non-hydrogen) atoms. The lowest BCUT2D eigenvalue weighted by Gasteiger charge is -2.45. The molecule has 3 aliphatic rings. The van der Waals surface area contributed by atoms with E-state index in [4.69, 9.17) is 0 Å². The molecule has 2 aliphatic heterocycles. The van der Waals surface area contributed by atoms with Crippen LogP contribution in [0.25, 0.3) is 5.57 Å². The molecule has 0 N–H and O–H groups in total. The molecule has 2 aromatic rings. The normalized spacial score (nSPS) is 26.7. The van der Waals surface area contributed by atoms with Crippen molar-refractivity contribution in [2.45, 2.75) is 31.7 Å². The molecule has 0 bridgehead atoms. The van der Waals surface area contributed by atoms with Crippen LogP contribution in [0.2, 0.25) is 0 Å². The molecule has 0 fully saturated rings. The molecular formula is C25H24N2O3. The second-order valence-corrected chi connectivity index (χ2v) is 8.77. The number of amides is 2. The van der Waals surface area contributed by atoms with Gasteiger partial charge in [0, 0.05) is 37.2 Å². The van der Waals surface area contributed by atoms with Gasteiger partial charge in [-0.05, 0) is 48.2 Å². The lowest BCUT2D eigenvalue weighted by molar-refractivity contribution is -0.141. The van der Waals surface area contributed by atoms with Gasteiger partial charge >= 0.3 is 0 Å². The fourth-order valence-electron chi connectivity index (χ4n) is 5.39. The monoisotopic (exact) mass is 400 g/mol. The van der Waals surface area contributed by atoms with Crippen molar-refractivity contribution >= 4 is 29.4 Å². The average Bonchev–Trinajstić information content (AvgIpc) is 3.13. The maximum Gasteiger partial charge on any atom is 0.258 e. The molecule has 0 saturated heterocycles. The van der Waals surface area contributed by atoms with Crippen molar-refractivity contribution < 1.29 is 14.4 Å². The van der Waals surface area contributed by atoms with Gasteiger partial charge in [0.15, 0.2) is 0 Å². The summed E-state index contributed by atoms with van der Waals surface area (Å²) in [4.78, 5) is 41.2. The van der Waals surface area contributed by atoms with Gasteiger partial charge in [-0.3, -0.25) is 9.59 Å². The summed E-state index contributed by atoms with van der Waals surface area (Å²) in [5.74, 6) is 0.181. The minimum absolute atomic E-state index is 0.00516. The van der Waals surface area contributed by atoms with Crippen LogP contribution in [0.3, 0.4) is 0 Å². The number of nitrogens with zero attached hydrogens (tertiary/aromatic N) is 2. The lowest BCUT2D eigenvalue weighted by atomic mass is 9.70. The summed E-state index contributed by atoms with van der Waals surface area (Å²) in [5.41, 5.74) is 4.21. The van der Waals surface area contributed by atoms with Crippen molar-refractivity contribution in [2.75, 3.05) is 18.5 Å². The highest BCUT2D eigenvalue weighted by Gasteiger charge is 2.48. The second-order valence-electron chi connectivity index (χ2n) is 8.77. The van der Waals surface area contributed by atoms with E-state index in [1.165, 1.54) is 5.56 Å². The predicted octanol–water partition coefficient (Wildman–Crippen LogP) is 3.65. The van der Waals surface area contributed by atoms with E-state index in [-0.39, 0.29) is 30.2 Å². The summed E-state index contributed by atoms with van der Waals surface area (Å²) >= 11 is 0. The van der Waals surface area contributed by atoms with Crippen LogP contribution in [-0.4, -0.2) is 42.6 Å². The van der Waals surface area contributed by atoms with Crippen molar-refractivity contribution in [1.82, 2.24) is 4.90 Å². The van der Waals surface area contributed by atoms with Crippen LogP contribution in [0, 0.1) is 5.41 Å². The number of carbonyl (C=O) groups excluding carboxylic acids is 3. The van der Waals surface area contributed by atoms with Gasteiger partial charge in [0.05, 0.1) is 11.5 Å². The summed E-state index contributed by atoms with van der Waals surface area (Å²) in [5, 5.41) is 0. The number of aldehydes is 1. The summed E-state index contributed by atoms with van der Waals surface area (Å²) in [6, 6.07) is 15.4. The SMILES string of the molecule is CN1C(=O)C(C)(CC=O)C=C2c3cccc4c3C(C[C@H]21)CN4C(=O)c1ccccc1. The van der Waals surface area contributed by atoms with E-state index in [1.807, 2.05) is 67.4 Å². The van der Waals surface area contributed by atoms with Gasteiger partial charge in [-0.1, -0.05) is 36.4 Å². The number of carbonyl (C=O) groups is 3. The topological polar surface area (TPSA) is 57.7 Å². The molecule has 2 unspecified atom stereocenters. The smallest absolute Gasteiger partial charge is 0.258 e. The lowest BCUT2D eigenvalue weighted by Crippen LogP contribution is -2.51. The third-order valence-corrected chi connectivity index (χ3v) is 6.89. The standard InChI is InChI=1S/C25H24N2O3/c1-25(11-12-28)14-19-18-9-6-10-20-22(18)17(13-21(19)26(2)24(25)30)15-27(20)23(29)16-7-4-3-5-8-16/h3-10,12,14,17,21H,11,13,15H2,1-2H3/t17?,21-,25?/m1/s1. The van der Waals surface area contributed by atoms with Gasteiger partial charge in [0.2, 0.25) is 5.91 Å². The molecule has 0 saturated carbocycles. The fourth-order valence-corrected chi connectivity index (χ4v) is 5.39. The molecule has 3 atom stereocenters. The highest BCUT2D eigenvalue weighted by molar-refractivity contribution is 6.08. The molecule has 1 aliphatic carbocycles. The zero-order chi connectivity index (χ0) is 21.0. The molecular weight excluding hydrogens is 376 g/mol. The summed E-state index contributed by atoms with van der Waals surface area (Å²) in [6.07, 6.45) is 3.78. The largest absolute Gasteiger partial charge is 0.338 e. The van der Waals surface area contributed by atoms with E-state index in [1.54, 1.807) is 4.90 Å². The Morgan fingerprint density at radius 3 is 2.67 bits per heavy atom. The highest BCUT2D eigenvalue weighted by atomic mass is 16.2. The molecule has 2 heterocycles. The molecule has 5 rings (SSSR count). The van der Waals surface area contributed by atoms with Crippen molar-refractivity contribution in [3.05, 3.63) is 71.3 Å². The van der Waals surface area contributed by atoms with Crippen LogP contribution >= 0.6 is 0 Å². The van der Waals surface area contributed by atoms with Crippen LogP contribution in [0.1, 0.15) is 47.2 Å². The van der Waals surface area contributed by atoms with Crippen molar-refractivity contribution in [1.29, 1.82) is 0 Å². The first-order chi connectivity index (χ1) is 14.4. The summed E-state index contributed by atoms with van der Waals surface area (Å²) in [7, 11) is 1.83. The first-order valence-corrected chi connectivity index (χ1v) is 10.4. The Hall–Kier alpha value is -3.21. The Labute approximate surface area is 176 Å². The number of anilines is 1.